The summed E-state index contributed by atoms with van der Waals surface area (Å²) in [4.78, 5) is 14.8. The van der Waals surface area contributed by atoms with E-state index in [0.29, 0.717) is 12.8 Å². The van der Waals surface area contributed by atoms with E-state index in [1.54, 1.807) is 7.11 Å². The normalized spacial score (nSPS) is 15.0. The molecule has 1 aliphatic rings. The van der Waals surface area contributed by atoms with Gasteiger partial charge in [-0.2, -0.15) is 0 Å². The second-order valence-corrected chi connectivity index (χ2v) is 7.51. The molecule has 1 atom stereocenters. The van der Waals surface area contributed by atoms with Crippen LogP contribution in [0.5, 0.6) is 5.75 Å². The van der Waals surface area contributed by atoms with Crippen LogP contribution in [0, 0.1) is 0 Å². The molecule has 1 amide bonds. The van der Waals surface area contributed by atoms with Gasteiger partial charge in [-0.1, -0.05) is 24.3 Å². The van der Waals surface area contributed by atoms with Crippen molar-refractivity contribution in [2.75, 3.05) is 25.5 Å². The minimum Gasteiger partial charge on any atom is -0.496 e. The number of carbonyl (C=O) groups is 1. The summed E-state index contributed by atoms with van der Waals surface area (Å²) in [5.74, 6) is 0.828. The van der Waals surface area contributed by atoms with E-state index in [9.17, 15) is 9.90 Å². The first-order valence-electron chi connectivity index (χ1n) is 9.99. The molecule has 0 aliphatic carbocycles. The highest BCUT2D eigenvalue weighted by Gasteiger charge is 2.17. The standard InChI is InChI=1S/C23H30N2O3/c1-17(26)11-13-25-14-12-18-7-9-21(15-20(18)16-25)24-23(27)10-8-19-5-3-4-6-22(19)28-2/h3-7,9,15,17,26H,8,10-14,16H2,1-2H3,(H,24,27). The molecule has 0 spiro atoms. The average Bonchev–Trinajstić information content (AvgIpc) is 2.70. The highest BCUT2D eigenvalue weighted by molar-refractivity contribution is 5.91. The van der Waals surface area contributed by atoms with Crippen molar-refractivity contribution in [3.63, 3.8) is 0 Å². The number of aryl methyl sites for hydroxylation is 1. The summed E-state index contributed by atoms with van der Waals surface area (Å²) < 4.78 is 5.35. The Morgan fingerprint density at radius 2 is 2.07 bits per heavy atom. The lowest BCUT2D eigenvalue weighted by molar-refractivity contribution is -0.116. The van der Waals surface area contributed by atoms with Gasteiger partial charge in [-0.3, -0.25) is 9.69 Å². The molecule has 150 valence electrons. The zero-order valence-corrected chi connectivity index (χ0v) is 16.8. The second-order valence-electron chi connectivity index (χ2n) is 7.51. The van der Waals surface area contributed by atoms with E-state index in [0.717, 1.165) is 49.5 Å². The molecule has 0 bridgehead atoms. The summed E-state index contributed by atoms with van der Waals surface area (Å²) in [5.41, 5.74) is 4.50. The lowest BCUT2D eigenvalue weighted by atomic mass is 9.98. The number of aliphatic hydroxyl groups is 1. The van der Waals surface area contributed by atoms with Crippen LogP contribution >= 0.6 is 0 Å². The van der Waals surface area contributed by atoms with Crippen molar-refractivity contribution in [2.24, 2.45) is 0 Å². The molecule has 2 aromatic carbocycles. The van der Waals surface area contributed by atoms with E-state index in [1.807, 2.05) is 37.3 Å². The summed E-state index contributed by atoms with van der Waals surface area (Å²) in [6.07, 6.45) is 2.59. The fourth-order valence-corrected chi connectivity index (χ4v) is 3.63. The number of benzene rings is 2. The number of methoxy groups -OCH3 is 1. The zero-order valence-electron chi connectivity index (χ0n) is 16.8. The number of para-hydroxylation sites is 1. The number of hydrogen-bond donors (Lipinski definition) is 2. The Morgan fingerprint density at radius 1 is 1.25 bits per heavy atom. The quantitative estimate of drug-likeness (QED) is 0.735. The SMILES string of the molecule is COc1ccccc1CCC(=O)Nc1ccc2c(c1)CN(CCC(C)O)CC2. The van der Waals surface area contributed by atoms with Crippen molar-refractivity contribution in [3.8, 4) is 5.75 Å². The summed E-state index contributed by atoms with van der Waals surface area (Å²) in [6.45, 7) is 4.61. The first-order chi connectivity index (χ1) is 13.5. The Kier molecular flexibility index (Phi) is 7.06. The average molecular weight is 383 g/mol. The van der Waals surface area contributed by atoms with Crippen molar-refractivity contribution < 1.29 is 14.6 Å². The summed E-state index contributed by atoms with van der Waals surface area (Å²) >= 11 is 0. The van der Waals surface area contributed by atoms with Crippen molar-refractivity contribution >= 4 is 11.6 Å². The number of aliphatic hydroxyl groups excluding tert-OH is 1. The van der Waals surface area contributed by atoms with Crippen LogP contribution in [-0.2, 0) is 24.2 Å². The number of fused-ring (bicyclic) bond motifs is 1. The Balaban J connectivity index is 1.56. The number of ether oxygens (including phenoxy) is 1. The third kappa shape index (κ3) is 5.57. The van der Waals surface area contributed by atoms with Crippen molar-refractivity contribution in [1.29, 1.82) is 0 Å². The number of hydrogen-bond acceptors (Lipinski definition) is 4. The van der Waals surface area contributed by atoms with Crippen LogP contribution in [0.25, 0.3) is 0 Å². The zero-order chi connectivity index (χ0) is 19.9. The van der Waals surface area contributed by atoms with Gasteiger partial charge in [-0.25, -0.2) is 0 Å². The van der Waals surface area contributed by atoms with E-state index < -0.39 is 0 Å². The Morgan fingerprint density at radius 3 is 2.86 bits per heavy atom. The van der Waals surface area contributed by atoms with Gasteiger partial charge in [0.2, 0.25) is 5.91 Å². The molecule has 2 N–H and O–H groups in total. The van der Waals surface area contributed by atoms with Crippen LogP contribution < -0.4 is 10.1 Å². The molecule has 1 heterocycles. The number of rotatable bonds is 8. The van der Waals surface area contributed by atoms with Crippen LogP contribution in [0.4, 0.5) is 5.69 Å². The van der Waals surface area contributed by atoms with Crippen molar-refractivity contribution in [1.82, 2.24) is 4.90 Å². The van der Waals surface area contributed by atoms with E-state index >= 15 is 0 Å². The van der Waals surface area contributed by atoms with E-state index in [2.05, 4.69) is 22.3 Å². The van der Waals surface area contributed by atoms with Gasteiger partial charge in [-0.15, -0.1) is 0 Å². The van der Waals surface area contributed by atoms with Crippen LogP contribution in [0.3, 0.4) is 0 Å². The van der Waals surface area contributed by atoms with E-state index in [1.165, 1.54) is 11.1 Å². The summed E-state index contributed by atoms with van der Waals surface area (Å²) in [6, 6.07) is 14.0. The van der Waals surface area contributed by atoms with Gasteiger partial charge >= 0.3 is 0 Å². The third-order valence-electron chi connectivity index (χ3n) is 5.26. The molecule has 3 rings (SSSR count). The van der Waals surface area contributed by atoms with Gasteiger partial charge in [-0.05, 0) is 61.1 Å². The predicted molar refractivity (Wildman–Crippen MR) is 112 cm³/mol. The Hall–Kier alpha value is -2.37. The molecule has 0 fully saturated rings. The van der Waals surface area contributed by atoms with Gasteiger partial charge in [0.15, 0.2) is 0 Å². The van der Waals surface area contributed by atoms with Gasteiger partial charge in [0.05, 0.1) is 13.2 Å². The predicted octanol–water partition coefficient (Wildman–Crippen LogP) is 3.40. The van der Waals surface area contributed by atoms with E-state index in [-0.39, 0.29) is 12.0 Å². The van der Waals surface area contributed by atoms with Gasteiger partial charge in [0.25, 0.3) is 0 Å². The molecule has 0 aromatic heterocycles. The molecule has 1 aliphatic heterocycles. The molecule has 5 nitrogen and oxygen atoms in total. The molecule has 0 saturated heterocycles. The van der Waals surface area contributed by atoms with Crippen molar-refractivity contribution in [3.05, 3.63) is 59.2 Å². The van der Waals surface area contributed by atoms with Crippen LogP contribution in [0.2, 0.25) is 0 Å². The van der Waals surface area contributed by atoms with E-state index in [4.69, 9.17) is 4.74 Å². The largest absolute Gasteiger partial charge is 0.496 e. The number of anilines is 1. The molecule has 0 radical (unpaired) electrons. The van der Waals surface area contributed by atoms with Crippen LogP contribution in [-0.4, -0.2) is 42.2 Å². The smallest absolute Gasteiger partial charge is 0.224 e. The van der Waals surface area contributed by atoms with Crippen molar-refractivity contribution in [2.45, 2.75) is 45.3 Å². The molecule has 28 heavy (non-hydrogen) atoms. The highest BCUT2D eigenvalue weighted by atomic mass is 16.5. The molecular weight excluding hydrogens is 352 g/mol. The first-order valence-corrected chi connectivity index (χ1v) is 9.99. The minimum atomic E-state index is -0.268. The number of nitrogens with one attached hydrogen (secondary N) is 1. The van der Waals surface area contributed by atoms with Crippen LogP contribution in [0.1, 0.15) is 36.5 Å². The maximum Gasteiger partial charge on any atom is 0.224 e. The molecule has 1 unspecified atom stereocenters. The topological polar surface area (TPSA) is 61.8 Å². The van der Waals surface area contributed by atoms with Gasteiger partial charge in [0.1, 0.15) is 5.75 Å². The summed E-state index contributed by atoms with van der Waals surface area (Å²) in [5, 5.41) is 12.5. The summed E-state index contributed by atoms with van der Waals surface area (Å²) in [7, 11) is 1.65. The Bertz CT molecular complexity index is 804. The fraction of sp³-hybridized carbons (Fsp3) is 0.435. The highest BCUT2D eigenvalue weighted by Crippen LogP contribution is 2.24. The number of nitrogens with zero attached hydrogens (tertiary/aromatic N) is 1. The Labute approximate surface area is 167 Å². The maximum absolute atomic E-state index is 12.4. The monoisotopic (exact) mass is 382 g/mol. The lowest BCUT2D eigenvalue weighted by Gasteiger charge is -2.29. The first kappa shape index (κ1) is 20.4. The second kappa shape index (κ2) is 9.71. The number of amides is 1. The molecular formula is C23H30N2O3. The van der Waals surface area contributed by atoms with Gasteiger partial charge < -0.3 is 15.2 Å². The minimum absolute atomic E-state index is 0.00706. The van der Waals surface area contributed by atoms with Gasteiger partial charge in [0, 0.05) is 31.7 Å². The molecule has 5 heteroatoms. The molecule has 2 aromatic rings. The lowest BCUT2D eigenvalue weighted by Crippen LogP contribution is -2.32. The third-order valence-corrected chi connectivity index (χ3v) is 5.26. The molecule has 0 saturated carbocycles. The fourth-order valence-electron chi connectivity index (χ4n) is 3.63. The number of carbonyl (C=O) groups excluding carboxylic acids is 1. The maximum atomic E-state index is 12.4. The van der Waals surface area contributed by atoms with Crippen LogP contribution in [0.15, 0.2) is 42.5 Å².